The number of nitrogens with one attached hydrogen (secondary N) is 2. The molecule has 11 nitrogen and oxygen atoms in total. The first-order valence-corrected chi connectivity index (χ1v) is 8.95. The number of nitrogens with two attached hydrogens (primary N) is 1. The first kappa shape index (κ1) is 19.1. The molecule has 2 aromatic carbocycles. The second-order valence-electron chi connectivity index (χ2n) is 6.45. The van der Waals surface area contributed by atoms with E-state index in [0.29, 0.717) is 22.9 Å². The van der Waals surface area contributed by atoms with Crippen LogP contribution in [-0.2, 0) is 4.79 Å². The average molecular weight is 409 g/mol. The van der Waals surface area contributed by atoms with E-state index < -0.39 is 6.03 Å². The molecule has 1 aliphatic heterocycles. The molecule has 0 saturated carbocycles. The van der Waals surface area contributed by atoms with E-state index in [9.17, 15) is 9.59 Å². The summed E-state index contributed by atoms with van der Waals surface area (Å²) < 4.78 is 11.6. The van der Waals surface area contributed by atoms with Gasteiger partial charge >= 0.3 is 6.03 Å². The Morgan fingerprint density at radius 2 is 1.80 bits per heavy atom. The Balaban J connectivity index is 1.51. The number of carbonyl (C=O) groups excluding carboxylic acids is 2. The van der Waals surface area contributed by atoms with E-state index in [0.717, 1.165) is 10.4 Å². The zero-order chi connectivity index (χ0) is 21.3. The number of benzene rings is 2. The van der Waals surface area contributed by atoms with Crippen LogP contribution in [0.1, 0.15) is 6.92 Å². The Labute approximate surface area is 171 Å². The second kappa shape index (κ2) is 7.62. The molecule has 0 aliphatic carbocycles. The van der Waals surface area contributed by atoms with Crippen molar-refractivity contribution in [3.05, 3.63) is 42.5 Å². The summed E-state index contributed by atoms with van der Waals surface area (Å²) in [4.78, 5) is 29.7. The van der Waals surface area contributed by atoms with Crippen molar-refractivity contribution in [2.45, 2.75) is 6.92 Å². The molecule has 4 rings (SSSR count). The molecule has 0 radical (unpaired) electrons. The molecule has 1 aliphatic rings. The zero-order valence-corrected chi connectivity index (χ0v) is 16.2. The van der Waals surface area contributed by atoms with Gasteiger partial charge in [0.05, 0.1) is 0 Å². The smallest absolute Gasteiger partial charge is 0.349 e. The SMILES string of the molecule is CC(=O)N(C)c1ccc(Nc2nc(N)nn2C(=O)Nc2ccc3c(c2)OCO3)cc1. The van der Waals surface area contributed by atoms with Crippen LogP contribution in [0.5, 0.6) is 11.5 Å². The molecule has 3 aromatic rings. The van der Waals surface area contributed by atoms with Crippen LogP contribution in [-0.4, -0.2) is 40.5 Å². The predicted octanol–water partition coefficient (Wildman–Crippen LogP) is 2.40. The summed E-state index contributed by atoms with van der Waals surface area (Å²) in [6.45, 7) is 1.62. The van der Waals surface area contributed by atoms with Gasteiger partial charge in [0.15, 0.2) is 11.5 Å². The summed E-state index contributed by atoms with van der Waals surface area (Å²) in [5, 5.41) is 9.65. The maximum absolute atomic E-state index is 12.7. The number of aromatic nitrogens is 3. The maximum Gasteiger partial charge on any atom is 0.349 e. The molecule has 4 N–H and O–H groups in total. The number of fused-ring (bicyclic) bond motifs is 1. The standard InChI is InChI=1S/C19H19N7O4/c1-11(27)25(2)14-6-3-12(4-7-14)21-18-23-17(20)24-26(18)19(28)22-13-5-8-15-16(9-13)30-10-29-15/h3-9H,10H2,1-2H3,(H,22,28)(H3,20,21,23,24). The van der Waals surface area contributed by atoms with Crippen molar-refractivity contribution < 1.29 is 19.1 Å². The third-order valence-electron chi connectivity index (χ3n) is 4.42. The van der Waals surface area contributed by atoms with Crippen molar-refractivity contribution in [3.63, 3.8) is 0 Å². The highest BCUT2D eigenvalue weighted by Gasteiger charge is 2.18. The third kappa shape index (κ3) is 3.81. The van der Waals surface area contributed by atoms with E-state index in [1.807, 2.05) is 0 Å². The summed E-state index contributed by atoms with van der Waals surface area (Å²) in [5.41, 5.74) is 7.56. The molecular formula is C19H19N7O4. The largest absolute Gasteiger partial charge is 0.454 e. The lowest BCUT2D eigenvalue weighted by Crippen LogP contribution is -2.23. The molecule has 0 spiro atoms. The highest BCUT2D eigenvalue weighted by molar-refractivity contribution is 5.93. The minimum atomic E-state index is -0.562. The highest BCUT2D eigenvalue weighted by Crippen LogP contribution is 2.34. The molecule has 30 heavy (non-hydrogen) atoms. The number of nitrogens with zero attached hydrogens (tertiary/aromatic N) is 4. The van der Waals surface area contributed by atoms with Gasteiger partial charge in [0.25, 0.3) is 0 Å². The van der Waals surface area contributed by atoms with Crippen molar-refractivity contribution in [2.75, 3.05) is 35.1 Å². The number of hydrogen-bond acceptors (Lipinski definition) is 8. The van der Waals surface area contributed by atoms with Gasteiger partial charge in [-0.05, 0) is 36.4 Å². The van der Waals surface area contributed by atoms with Crippen LogP contribution in [0.15, 0.2) is 42.5 Å². The fraction of sp³-hybridized carbons (Fsp3) is 0.158. The van der Waals surface area contributed by atoms with Crippen molar-refractivity contribution in [1.82, 2.24) is 14.8 Å². The lowest BCUT2D eigenvalue weighted by Gasteiger charge is -2.15. The predicted molar refractivity (Wildman–Crippen MR) is 110 cm³/mol. The third-order valence-corrected chi connectivity index (χ3v) is 4.42. The minimum Gasteiger partial charge on any atom is -0.454 e. The van der Waals surface area contributed by atoms with Gasteiger partial charge in [0, 0.05) is 37.1 Å². The Morgan fingerprint density at radius 3 is 2.53 bits per heavy atom. The molecule has 0 atom stereocenters. The monoisotopic (exact) mass is 409 g/mol. The van der Waals surface area contributed by atoms with Gasteiger partial charge in [-0.15, -0.1) is 9.78 Å². The summed E-state index contributed by atoms with van der Waals surface area (Å²) in [5.74, 6) is 1.15. The first-order valence-electron chi connectivity index (χ1n) is 8.95. The van der Waals surface area contributed by atoms with Gasteiger partial charge < -0.3 is 30.7 Å². The normalized spacial score (nSPS) is 11.8. The molecule has 0 fully saturated rings. The number of ether oxygens (including phenoxy) is 2. The highest BCUT2D eigenvalue weighted by atomic mass is 16.7. The summed E-state index contributed by atoms with van der Waals surface area (Å²) in [6.07, 6.45) is 0. The number of anilines is 5. The molecule has 154 valence electrons. The van der Waals surface area contributed by atoms with E-state index in [4.69, 9.17) is 15.2 Å². The van der Waals surface area contributed by atoms with Crippen LogP contribution in [0.25, 0.3) is 0 Å². The van der Waals surface area contributed by atoms with Gasteiger partial charge in [-0.1, -0.05) is 0 Å². The molecule has 0 unspecified atom stereocenters. The number of nitrogen functional groups attached to an aromatic ring is 1. The maximum atomic E-state index is 12.7. The van der Waals surface area contributed by atoms with E-state index >= 15 is 0 Å². The summed E-state index contributed by atoms with van der Waals surface area (Å²) in [7, 11) is 1.68. The van der Waals surface area contributed by atoms with E-state index in [1.165, 1.54) is 11.8 Å². The van der Waals surface area contributed by atoms with Gasteiger partial charge in [0.1, 0.15) is 0 Å². The summed E-state index contributed by atoms with van der Waals surface area (Å²) in [6, 6.07) is 11.5. The molecule has 0 saturated heterocycles. The molecular weight excluding hydrogens is 390 g/mol. The lowest BCUT2D eigenvalue weighted by molar-refractivity contribution is -0.116. The topological polar surface area (TPSA) is 137 Å². The fourth-order valence-corrected chi connectivity index (χ4v) is 2.78. The zero-order valence-electron chi connectivity index (χ0n) is 16.2. The van der Waals surface area contributed by atoms with Crippen LogP contribution in [0.3, 0.4) is 0 Å². The Hall–Kier alpha value is -4.28. The quantitative estimate of drug-likeness (QED) is 0.597. The van der Waals surface area contributed by atoms with Crippen LogP contribution in [0, 0.1) is 0 Å². The fourth-order valence-electron chi connectivity index (χ4n) is 2.78. The average Bonchev–Trinajstić information content (AvgIpc) is 3.33. The van der Waals surface area contributed by atoms with E-state index in [1.54, 1.807) is 49.5 Å². The van der Waals surface area contributed by atoms with Crippen LogP contribution in [0.4, 0.5) is 33.8 Å². The van der Waals surface area contributed by atoms with Crippen LogP contribution >= 0.6 is 0 Å². The Kier molecular flexibility index (Phi) is 4.84. The van der Waals surface area contributed by atoms with Crippen LogP contribution < -0.4 is 30.7 Å². The second-order valence-corrected chi connectivity index (χ2v) is 6.45. The number of rotatable bonds is 4. The molecule has 1 aromatic heterocycles. The van der Waals surface area contributed by atoms with Gasteiger partial charge in [0.2, 0.25) is 24.6 Å². The van der Waals surface area contributed by atoms with E-state index in [-0.39, 0.29) is 24.6 Å². The lowest BCUT2D eigenvalue weighted by atomic mass is 10.2. The van der Waals surface area contributed by atoms with Crippen molar-refractivity contribution in [2.24, 2.45) is 0 Å². The molecule has 2 heterocycles. The number of amides is 2. The molecule has 2 amide bonds. The minimum absolute atomic E-state index is 0.0636. The van der Waals surface area contributed by atoms with Crippen LogP contribution in [0.2, 0.25) is 0 Å². The number of hydrogen-bond donors (Lipinski definition) is 3. The Morgan fingerprint density at radius 1 is 1.10 bits per heavy atom. The van der Waals surface area contributed by atoms with Crippen molar-refractivity contribution in [3.8, 4) is 11.5 Å². The van der Waals surface area contributed by atoms with Gasteiger partial charge in [-0.25, -0.2) is 4.79 Å². The number of carbonyl (C=O) groups is 2. The summed E-state index contributed by atoms with van der Waals surface area (Å²) >= 11 is 0. The van der Waals surface area contributed by atoms with Crippen molar-refractivity contribution in [1.29, 1.82) is 0 Å². The molecule has 11 heteroatoms. The Bertz CT molecular complexity index is 1110. The van der Waals surface area contributed by atoms with Crippen molar-refractivity contribution >= 4 is 40.9 Å². The van der Waals surface area contributed by atoms with Gasteiger partial charge in [-0.2, -0.15) is 4.98 Å². The molecule has 0 bridgehead atoms. The first-order chi connectivity index (χ1) is 14.4. The van der Waals surface area contributed by atoms with Gasteiger partial charge in [-0.3, -0.25) is 4.79 Å². The van der Waals surface area contributed by atoms with E-state index in [2.05, 4.69) is 20.7 Å².